The van der Waals surface area contributed by atoms with E-state index < -0.39 is 0 Å². The number of nitrogens with zero attached hydrogens (tertiary/aromatic N) is 2. The van der Waals surface area contributed by atoms with E-state index in [1.165, 1.54) is 0 Å². The molecule has 2 N–H and O–H groups in total. The van der Waals surface area contributed by atoms with Crippen LogP contribution in [-0.4, -0.2) is 23.4 Å². The molecule has 1 aliphatic heterocycles. The summed E-state index contributed by atoms with van der Waals surface area (Å²) in [5.41, 5.74) is 8.49. The Hall–Kier alpha value is -1.88. The predicted octanol–water partition coefficient (Wildman–Crippen LogP) is 2.52. The molecule has 100 valence electrons. The molecule has 1 aromatic carbocycles. The summed E-state index contributed by atoms with van der Waals surface area (Å²) in [6, 6.07) is 5.72. The van der Waals surface area contributed by atoms with E-state index in [4.69, 9.17) is 15.0 Å². The average molecular weight is 259 g/mol. The van der Waals surface area contributed by atoms with Crippen LogP contribution in [0.1, 0.15) is 30.1 Å². The van der Waals surface area contributed by atoms with Gasteiger partial charge in [-0.3, -0.25) is 0 Å². The molecule has 1 atom stereocenters. The topological polar surface area (TPSA) is 74.2 Å². The minimum Gasteiger partial charge on any atom is -0.399 e. The Bertz CT molecular complexity index is 574. The molecule has 1 aliphatic rings. The van der Waals surface area contributed by atoms with Gasteiger partial charge >= 0.3 is 0 Å². The lowest BCUT2D eigenvalue weighted by Crippen LogP contribution is -2.16. The lowest BCUT2D eigenvalue weighted by atomic mass is 10.0. The molecule has 1 saturated heterocycles. The van der Waals surface area contributed by atoms with Gasteiger partial charge in [-0.1, -0.05) is 5.16 Å². The summed E-state index contributed by atoms with van der Waals surface area (Å²) in [6.45, 7) is 3.48. The Morgan fingerprint density at radius 2 is 2.26 bits per heavy atom. The quantitative estimate of drug-likeness (QED) is 0.839. The molecule has 0 saturated carbocycles. The molecule has 0 aliphatic carbocycles. The third-order valence-electron chi connectivity index (χ3n) is 3.48. The van der Waals surface area contributed by atoms with E-state index in [1.807, 2.05) is 25.1 Å². The van der Waals surface area contributed by atoms with Crippen LogP contribution in [0, 0.1) is 6.92 Å². The fourth-order valence-corrected chi connectivity index (χ4v) is 2.27. The molecule has 1 unspecified atom stereocenters. The molecule has 19 heavy (non-hydrogen) atoms. The molecule has 3 rings (SSSR count). The van der Waals surface area contributed by atoms with Gasteiger partial charge in [-0.05, 0) is 43.5 Å². The van der Waals surface area contributed by atoms with E-state index in [0.29, 0.717) is 12.5 Å². The van der Waals surface area contributed by atoms with Crippen molar-refractivity contribution >= 4 is 5.69 Å². The van der Waals surface area contributed by atoms with Crippen molar-refractivity contribution in [3.8, 4) is 11.5 Å². The summed E-state index contributed by atoms with van der Waals surface area (Å²) in [6.07, 6.45) is 2.11. The molecule has 0 radical (unpaired) electrons. The van der Waals surface area contributed by atoms with Gasteiger partial charge in [-0.15, -0.1) is 0 Å². The summed E-state index contributed by atoms with van der Waals surface area (Å²) < 4.78 is 10.8. The van der Waals surface area contributed by atoms with Crippen molar-refractivity contribution in [2.24, 2.45) is 0 Å². The Morgan fingerprint density at radius 1 is 1.37 bits per heavy atom. The Morgan fingerprint density at radius 3 is 3.00 bits per heavy atom. The fourth-order valence-electron chi connectivity index (χ4n) is 2.27. The molecule has 0 spiro atoms. The van der Waals surface area contributed by atoms with Gasteiger partial charge in [0.25, 0.3) is 5.89 Å². The molecule has 5 heteroatoms. The molecular weight excluding hydrogens is 242 g/mol. The maximum absolute atomic E-state index is 5.81. The van der Waals surface area contributed by atoms with Crippen molar-refractivity contribution in [2.75, 3.05) is 18.9 Å². The number of aromatic nitrogens is 2. The minimum atomic E-state index is 0.251. The Balaban J connectivity index is 1.85. The predicted molar refractivity (Wildman–Crippen MR) is 71.7 cm³/mol. The number of benzene rings is 1. The van der Waals surface area contributed by atoms with Gasteiger partial charge in [0.1, 0.15) is 0 Å². The van der Waals surface area contributed by atoms with Crippen LogP contribution >= 0.6 is 0 Å². The zero-order chi connectivity index (χ0) is 13.2. The van der Waals surface area contributed by atoms with Crippen LogP contribution < -0.4 is 5.73 Å². The third kappa shape index (κ3) is 2.46. The standard InChI is InChI=1S/C14H17N3O2/c1-9-7-10(4-5-12(9)15)14-16-13(17-19-14)11-3-2-6-18-8-11/h4-5,7,11H,2-3,6,8,15H2,1H3. The average Bonchev–Trinajstić information content (AvgIpc) is 2.93. The Labute approximate surface area is 111 Å². The van der Waals surface area contributed by atoms with Crippen LogP contribution in [0.3, 0.4) is 0 Å². The summed E-state index contributed by atoms with van der Waals surface area (Å²) >= 11 is 0. The zero-order valence-corrected chi connectivity index (χ0v) is 10.9. The number of nitrogens with two attached hydrogens (primary N) is 1. The molecule has 2 aromatic rings. The van der Waals surface area contributed by atoms with Crippen molar-refractivity contribution in [3.63, 3.8) is 0 Å². The second kappa shape index (κ2) is 5.01. The molecule has 1 aromatic heterocycles. The number of hydrogen-bond acceptors (Lipinski definition) is 5. The fraction of sp³-hybridized carbons (Fsp3) is 0.429. The second-order valence-electron chi connectivity index (χ2n) is 4.94. The first-order valence-electron chi connectivity index (χ1n) is 6.52. The second-order valence-corrected chi connectivity index (χ2v) is 4.94. The summed E-state index contributed by atoms with van der Waals surface area (Å²) in [4.78, 5) is 4.48. The van der Waals surface area contributed by atoms with Crippen LogP contribution in [0.5, 0.6) is 0 Å². The number of rotatable bonds is 2. The van der Waals surface area contributed by atoms with E-state index in [0.717, 1.165) is 42.1 Å². The molecule has 0 bridgehead atoms. The first kappa shape index (κ1) is 12.2. The molecule has 5 nitrogen and oxygen atoms in total. The highest BCUT2D eigenvalue weighted by atomic mass is 16.5. The first-order valence-corrected chi connectivity index (χ1v) is 6.52. The van der Waals surface area contributed by atoms with Crippen molar-refractivity contribution < 1.29 is 9.26 Å². The van der Waals surface area contributed by atoms with Crippen LogP contribution in [0.25, 0.3) is 11.5 Å². The maximum Gasteiger partial charge on any atom is 0.257 e. The number of aryl methyl sites for hydroxylation is 1. The van der Waals surface area contributed by atoms with Crippen LogP contribution in [0.2, 0.25) is 0 Å². The summed E-state index contributed by atoms with van der Waals surface area (Å²) in [7, 11) is 0. The van der Waals surface area contributed by atoms with Crippen LogP contribution in [0.15, 0.2) is 22.7 Å². The van der Waals surface area contributed by atoms with Gasteiger partial charge in [0, 0.05) is 23.8 Å². The van der Waals surface area contributed by atoms with Gasteiger partial charge in [0.2, 0.25) is 0 Å². The number of hydrogen-bond donors (Lipinski definition) is 1. The van der Waals surface area contributed by atoms with Gasteiger partial charge in [-0.2, -0.15) is 4.98 Å². The summed E-state index contributed by atoms with van der Waals surface area (Å²) in [5, 5.41) is 4.07. The number of nitrogen functional groups attached to an aromatic ring is 1. The minimum absolute atomic E-state index is 0.251. The smallest absolute Gasteiger partial charge is 0.257 e. The van der Waals surface area contributed by atoms with Gasteiger partial charge in [0.15, 0.2) is 5.82 Å². The SMILES string of the molecule is Cc1cc(-c2nc(C3CCCOC3)no2)ccc1N. The summed E-state index contributed by atoms with van der Waals surface area (Å²) in [5.74, 6) is 1.54. The van der Waals surface area contributed by atoms with E-state index in [-0.39, 0.29) is 5.92 Å². The van der Waals surface area contributed by atoms with Crippen LogP contribution in [0.4, 0.5) is 5.69 Å². The highest BCUT2D eigenvalue weighted by Crippen LogP contribution is 2.27. The lowest BCUT2D eigenvalue weighted by Gasteiger charge is -2.18. The Kier molecular flexibility index (Phi) is 3.21. The lowest BCUT2D eigenvalue weighted by molar-refractivity contribution is 0.0773. The molecule has 1 fully saturated rings. The van der Waals surface area contributed by atoms with Gasteiger partial charge < -0.3 is 15.0 Å². The van der Waals surface area contributed by atoms with E-state index in [1.54, 1.807) is 0 Å². The maximum atomic E-state index is 5.81. The molecular formula is C14H17N3O2. The normalized spacial score (nSPS) is 19.5. The van der Waals surface area contributed by atoms with Gasteiger partial charge in [0.05, 0.1) is 6.61 Å². The number of anilines is 1. The number of ether oxygens (including phenoxy) is 1. The van der Waals surface area contributed by atoms with E-state index in [2.05, 4.69) is 10.1 Å². The largest absolute Gasteiger partial charge is 0.399 e. The van der Waals surface area contributed by atoms with E-state index in [9.17, 15) is 0 Å². The van der Waals surface area contributed by atoms with Crippen LogP contribution in [-0.2, 0) is 4.74 Å². The van der Waals surface area contributed by atoms with Crippen molar-refractivity contribution in [1.29, 1.82) is 0 Å². The monoisotopic (exact) mass is 259 g/mol. The van der Waals surface area contributed by atoms with Gasteiger partial charge in [-0.25, -0.2) is 0 Å². The van der Waals surface area contributed by atoms with E-state index >= 15 is 0 Å². The molecule has 0 amide bonds. The zero-order valence-electron chi connectivity index (χ0n) is 10.9. The van der Waals surface area contributed by atoms with Crippen molar-refractivity contribution in [2.45, 2.75) is 25.7 Å². The third-order valence-corrected chi connectivity index (χ3v) is 3.48. The first-order chi connectivity index (χ1) is 9.24. The van der Waals surface area contributed by atoms with Crippen molar-refractivity contribution in [1.82, 2.24) is 10.1 Å². The molecule has 2 heterocycles. The highest BCUT2D eigenvalue weighted by Gasteiger charge is 2.22. The highest BCUT2D eigenvalue weighted by molar-refractivity contribution is 5.60. The van der Waals surface area contributed by atoms with Crippen molar-refractivity contribution in [3.05, 3.63) is 29.6 Å².